The fourth-order valence-corrected chi connectivity index (χ4v) is 11.6. The minimum Gasteiger partial charge on any atom is -0.445 e. The van der Waals surface area contributed by atoms with E-state index < -0.39 is 36.3 Å². The molecule has 0 radical (unpaired) electrons. The van der Waals surface area contributed by atoms with Crippen LogP contribution in [0.5, 0.6) is 0 Å². The molecule has 0 bridgehead atoms. The van der Waals surface area contributed by atoms with E-state index in [4.69, 9.17) is 28.4 Å². The Kier molecular flexibility index (Phi) is 13.4. The van der Waals surface area contributed by atoms with E-state index in [1.165, 1.54) is 27.6 Å². The molecule has 16 heteroatoms. The lowest BCUT2D eigenvalue weighted by molar-refractivity contribution is -0.128. The molecule has 1 spiro atoms. The Labute approximate surface area is 386 Å². The summed E-state index contributed by atoms with van der Waals surface area (Å²) >= 11 is 1.46. The van der Waals surface area contributed by atoms with Crippen LogP contribution in [0.4, 0.5) is 9.59 Å². The van der Waals surface area contributed by atoms with E-state index in [1.807, 2.05) is 72.8 Å². The standard InChI is InChI=1S/C50H54N4O11S/c1-48-19-16-34(55)29-32(48)10-13-36-39(48)17-20-49-40(36)18-21-50(49,65-49)44(56)31-64-47(59)63-28-26-61-24-23-60-25-27-62-46(58)54-42-30-35(66-43-9-4-3-8-38(43)45(57)51-2)12-14-37(42)41(53-54)15-11-33-7-5-6-22-52-33/h3-9,11-12,14-15,17,22,29-30,36,40,45,51,57H,10,13,16,18-21,23-28,31H2,1-2H3/b15-11+/t36-,40+,45?,48+,49-,50+/m1/s1. The number of fused-ring (bicyclic) bond motifs is 5. The SMILES string of the molecule is CNC(O)c1ccccc1Sc1ccc2c(/C=C/c3ccccn3)nn(C(=O)OCCOCCOCCOC(=O)OCC(=O)[C@@]34CC[C@H]5[C@@H]6CCC7=CC(=O)CC[C@]7(C)C6=CC[C@@]53O4)c2c1. The zero-order valence-corrected chi connectivity index (χ0v) is 37.9. The summed E-state index contributed by atoms with van der Waals surface area (Å²) in [6.45, 7) is 2.34. The van der Waals surface area contributed by atoms with Gasteiger partial charge in [0, 0.05) is 38.8 Å². The van der Waals surface area contributed by atoms with Crippen molar-refractivity contribution >= 4 is 58.6 Å². The van der Waals surface area contributed by atoms with Crippen LogP contribution in [0.1, 0.15) is 75.0 Å². The van der Waals surface area contributed by atoms with Gasteiger partial charge in [-0.2, -0.15) is 9.78 Å². The predicted octanol–water partition coefficient (Wildman–Crippen LogP) is 7.66. The van der Waals surface area contributed by atoms with Crippen molar-refractivity contribution in [1.82, 2.24) is 20.1 Å². The van der Waals surface area contributed by atoms with Gasteiger partial charge in [0.1, 0.15) is 25.0 Å². The molecule has 1 unspecified atom stereocenters. The van der Waals surface area contributed by atoms with E-state index in [0.29, 0.717) is 36.4 Å². The number of aliphatic hydroxyl groups is 1. The maximum absolute atomic E-state index is 13.5. The van der Waals surface area contributed by atoms with Crippen LogP contribution in [0.15, 0.2) is 99.9 Å². The Morgan fingerprint density at radius 2 is 1.74 bits per heavy atom. The van der Waals surface area contributed by atoms with Crippen LogP contribution in [-0.4, -0.2) is 108 Å². The third-order valence-corrected chi connectivity index (χ3v) is 15.0. The van der Waals surface area contributed by atoms with E-state index in [-0.39, 0.29) is 62.5 Å². The van der Waals surface area contributed by atoms with Gasteiger partial charge in [-0.3, -0.25) is 19.9 Å². The number of allylic oxidation sites excluding steroid dienone is 3. The lowest BCUT2D eigenvalue weighted by Gasteiger charge is -2.50. The highest BCUT2D eigenvalue weighted by Crippen LogP contribution is 2.72. The second-order valence-electron chi connectivity index (χ2n) is 17.5. The average molecular weight is 919 g/mol. The number of hydrogen-bond donors (Lipinski definition) is 2. The Bertz CT molecular complexity index is 2590. The van der Waals surface area contributed by atoms with E-state index in [2.05, 4.69) is 28.4 Å². The maximum atomic E-state index is 13.5. The smallest absolute Gasteiger partial charge is 0.445 e. The number of aromatic nitrogens is 3. The lowest BCUT2D eigenvalue weighted by Crippen LogP contribution is -2.45. The molecule has 346 valence electrons. The number of hydrogen-bond acceptors (Lipinski definition) is 15. The molecule has 1 saturated heterocycles. The quantitative estimate of drug-likeness (QED) is 0.0325. The first-order valence-electron chi connectivity index (χ1n) is 22.6. The fourth-order valence-electron chi connectivity index (χ4n) is 10.6. The van der Waals surface area contributed by atoms with E-state index in [1.54, 1.807) is 19.3 Å². The molecule has 2 aromatic heterocycles. The number of aliphatic hydroxyl groups excluding tert-OH is 1. The van der Waals surface area contributed by atoms with Crippen LogP contribution in [0, 0.1) is 17.3 Å². The predicted molar refractivity (Wildman–Crippen MR) is 243 cm³/mol. The van der Waals surface area contributed by atoms with Crippen LogP contribution < -0.4 is 5.32 Å². The first-order valence-corrected chi connectivity index (χ1v) is 23.4. The summed E-state index contributed by atoms with van der Waals surface area (Å²) in [6.07, 6.45) is 12.4. The second kappa shape index (κ2) is 19.4. The normalized spacial score (nSPS) is 25.5. The second-order valence-corrected chi connectivity index (χ2v) is 18.6. The molecule has 9 rings (SSSR count). The Balaban J connectivity index is 0.695. The van der Waals surface area contributed by atoms with Gasteiger partial charge in [-0.25, -0.2) is 9.59 Å². The van der Waals surface area contributed by atoms with Gasteiger partial charge in [-0.15, -0.1) is 0 Å². The first-order chi connectivity index (χ1) is 32.0. The van der Waals surface area contributed by atoms with Crippen LogP contribution in [0.25, 0.3) is 23.1 Å². The molecule has 15 nitrogen and oxygen atoms in total. The summed E-state index contributed by atoms with van der Waals surface area (Å²) < 4.78 is 34.6. The van der Waals surface area contributed by atoms with Crippen molar-refractivity contribution in [2.45, 2.75) is 79.1 Å². The van der Waals surface area contributed by atoms with E-state index in [0.717, 1.165) is 52.1 Å². The topological polar surface area (TPSA) is 190 Å². The molecular formula is C50H54N4O11S. The molecule has 1 aliphatic heterocycles. The molecule has 4 aliphatic carbocycles. The van der Waals surface area contributed by atoms with Gasteiger partial charge in [0.15, 0.2) is 18.0 Å². The van der Waals surface area contributed by atoms with Crippen molar-refractivity contribution in [2.75, 3.05) is 53.3 Å². The fraction of sp³-hybridized carbons (Fsp3) is 0.440. The average Bonchev–Trinajstić information content (AvgIpc) is 3.64. The molecule has 5 aliphatic rings. The number of rotatable bonds is 18. The van der Waals surface area contributed by atoms with Crippen LogP contribution in [0.3, 0.4) is 0 Å². The van der Waals surface area contributed by atoms with Crippen molar-refractivity contribution in [1.29, 1.82) is 0 Å². The van der Waals surface area contributed by atoms with Gasteiger partial charge in [-0.1, -0.05) is 60.2 Å². The zero-order chi connectivity index (χ0) is 45.9. The highest BCUT2D eigenvalue weighted by atomic mass is 32.2. The van der Waals surface area contributed by atoms with Crippen molar-refractivity contribution in [3.05, 3.63) is 107 Å². The van der Waals surface area contributed by atoms with Gasteiger partial charge >= 0.3 is 12.2 Å². The van der Waals surface area contributed by atoms with Crippen molar-refractivity contribution in [3.8, 4) is 0 Å². The van der Waals surface area contributed by atoms with Crippen molar-refractivity contribution < 1.29 is 52.7 Å². The Hall–Kier alpha value is -5.49. The summed E-state index contributed by atoms with van der Waals surface area (Å²) in [7, 11) is 1.68. The Morgan fingerprint density at radius 1 is 0.955 bits per heavy atom. The molecule has 6 atom stereocenters. The number of epoxide rings is 1. The number of Topliss-reactive ketones (excluding diaryl/α,β-unsaturated/α-hetero) is 1. The number of ketones is 2. The third kappa shape index (κ3) is 8.89. The van der Waals surface area contributed by atoms with E-state index >= 15 is 0 Å². The summed E-state index contributed by atoms with van der Waals surface area (Å²) in [6, 6.07) is 18.8. The monoisotopic (exact) mass is 918 g/mol. The number of ether oxygens (including phenoxy) is 6. The number of carbonyl (C=O) groups is 4. The zero-order valence-electron chi connectivity index (χ0n) is 37.1. The highest BCUT2D eigenvalue weighted by molar-refractivity contribution is 7.99. The van der Waals surface area contributed by atoms with Crippen LogP contribution in [0.2, 0.25) is 0 Å². The van der Waals surface area contributed by atoms with Gasteiger partial charge in [0.05, 0.1) is 43.3 Å². The van der Waals surface area contributed by atoms with Gasteiger partial charge in [0.25, 0.3) is 0 Å². The summed E-state index contributed by atoms with van der Waals surface area (Å²) in [5.41, 5.74) is 3.67. The number of benzene rings is 2. The highest BCUT2D eigenvalue weighted by Gasteiger charge is 2.81. The lowest BCUT2D eigenvalue weighted by atomic mass is 9.54. The molecule has 2 N–H and O–H groups in total. The molecule has 2 aromatic carbocycles. The van der Waals surface area contributed by atoms with Gasteiger partial charge in [0.2, 0.25) is 5.78 Å². The molecule has 3 heterocycles. The van der Waals surface area contributed by atoms with Crippen LogP contribution in [-0.2, 0) is 38.0 Å². The number of pyridine rings is 1. The minimum absolute atomic E-state index is 0.0375. The van der Waals surface area contributed by atoms with Crippen molar-refractivity contribution in [2.24, 2.45) is 17.3 Å². The van der Waals surface area contributed by atoms with E-state index in [9.17, 15) is 24.3 Å². The molecule has 66 heavy (non-hydrogen) atoms. The number of nitrogens with one attached hydrogen (secondary N) is 1. The number of carbonyl (C=O) groups excluding carboxylic acids is 4. The summed E-state index contributed by atoms with van der Waals surface area (Å²) in [5.74, 6) is 0.549. The molecule has 3 fully saturated rings. The minimum atomic E-state index is -0.950. The molecule has 4 aromatic rings. The molecule has 2 saturated carbocycles. The maximum Gasteiger partial charge on any atom is 0.508 e. The molecule has 0 amide bonds. The first kappa shape index (κ1) is 45.7. The third-order valence-electron chi connectivity index (χ3n) is 13.9. The van der Waals surface area contributed by atoms with Crippen LogP contribution >= 0.6 is 11.8 Å². The Morgan fingerprint density at radius 3 is 2.55 bits per heavy atom. The van der Waals surface area contributed by atoms with Crippen molar-refractivity contribution in [3.63, 3.8) is 0 Å². The van der Waals surface area contributed by atoms with Gasteiger partial charge in [-0.05, 0) is 112 Å². The van der Waals surface area contributed by atoms with Gasteiger partial charge < -0.3 is 33.5 Å². The summed E-state index contributed by atoms with van der Waals surface area (Å²) in [5, 5.41) is 18.7. The summed E-state index contributed by atoms with van der Waals surface area (Å²) in [4.78, 5) is 57.5. The molecular weight excluding hydrogens is 865 g/mol. The largest absolute Gasteiger partial charge is 0.508 e. The number of nitrogens with zero attached hydrogens (tertiary/aromatic N) is 3.